The van der Waals surface area contributed by atoms with Crippen molar-refractivity contribution in [1.82, 2.24) is 10.2 Å². The minimum absolute atomic E-state index is 0.0237. The van der Waals surface area contributed by atoms with Gasteiger partial charge in [-0.3, -0.25) is 4.79 Å². The van der Waals surface area contributed by atoms with E-state index in [0.717, 1.165) is 25.5 Å². The van der Waals surface area contributed by atoms with Crippen molar-refractivity contribution in [3.63, 3.8) is 0 Å². The van der Waals surface area contributed by atoms with E-state index in [1.165, 1.54) is 12.1 Å². The fraction of sp³-hybridized carbons (Fsp3) is 0.500. The van der Waals surface area contributed by atoms with Gasteiger partial charge in [-0.2, -0.15) is 0 Å². The number of aromatic hydroxyl groups is 1. The highest BCUT2D eigenvalue weighted by molar-refractivity contribution is 5.94. The normalized spacial score (nSPS) is 24.2. The molecule has 1 aromatic carbocycles. The van der Waals surface area contributed by atoms with Crippen LogP contribution < -0.4 is 5.32 Å². The number of amides is 1. The summed E-state index contributed by atoms with van der Waals surface area (Å²) < 4.78 is 13.6. The fourth-order valence-corrected chi connectivity index (χ4v) is 2.37. The molecule has 2 N–H and O–H groups in total. The molecule has 4 nitrogen and oxygen atoms in total. The van der Waals surface area contributed by atoms with Gasteiger partial charge in [0.25, 0.3) is 5.91 Å². The first-order valence-corrected chi connectivity index (χ1v) is 6.47. The molecular weight excluding hydrogens is 247 g/mol. The molecule has 104 valence electrons. The Morgan fingerprint density at radius 3 is 2.89 bits per heavy atom. The molecule has 0 saturated carbocycles. The van der Waals surface area contributed by atoms with Crippen LogP contribution in [0.2, 0.25) is 0 Å². The van der Waals surface area contributed by atoms with Crippen molar-refractivity contribution in [3.8, 4) is 5.75 Å². The number of hydrogen-bond acceptors (Lipinski definition) is 3. The standard InChI is InChI=1S/C14H19FN2O2/c1-9-7-10(5-6-17(9)2)16-14(19)12-4-3-11(18)8-13(12)15/h3-4,8-10,18H,5-7H2,1-2H3,(H,16,19). The van der Waals surface area contributed by atoms with E-state index in [1.54, 1.807) is 0 Å². The molecule has 1 amide bonds. The van der Waals surface area contributed by atoms with Gasteiger partial charge in [-0.1, -0.05) is 0 Å². The minimum atomic E-state index is -0.696. The summed E-state index contributed by atoms with van der Waals surface area (Å²) in [5, 5.41) is 12.0. The summed E-state index contributed by atoms with van der Waals surface area (Å²) in [7, 11) is 2.06. The van der Waals surface area contributed by atoms with Crippen LogP contribution in [0.15, 0.2) is 18.2 Å². The number of halogens is 1. The number of benzene rings is 1. The van der Waals surface area contributed by atoms with Crippen molar-refractivity contribution in [1.29, 1.82) is 0 Å². The van der Waals surface area contributed by atoms with E-state index in [0.29, 0.717) is 6.04 Å². The lowest BCUT2D eigenvalue weighted by atomic mass is 9.98. The van der Waals surface area contributed by atoms with Crippen LogP contribution in [-0.4, -0.2) is 41.6 Å². The molecule has 1 fully saturated rings. The first kappa shape index (κ1) is 13.8. The largest absolute Gasteiger partial charge is 0.508 e. The molecule has 0 aromatic heterocycles. The van der Waals surface area contributed by atoms with Crippen molar-refractivity contribution in [3.05, 3.63) is 29.6 Å². The Hall–Kier alpha value is -1.62. The van der Waals surface area contributed by atoms with Crippen LogP contribution in [0.4, 0.5) is 4.39 Å². The second-order valence-electron chi connectivity index (χ2n) is 5.19. The number of carbonyl (C=O) groups is 1. The molecule has 0 aliphatic carbocycles. The van der Waals surface area contributed by atoms with E-state index in [1.807, 2.05) is 0 Å². The van der Waals surface area contributed by atoms with Crippen molar-refractivity contribution in [2.75, 3.05) is 13.6 Å². The Labute approximate surface area is 112 Å². The third-order valence-electron chi connectivity index (χ3n) is 3.74. The molecule has 19 heavy (non-hydrogen) atoms. The van der Waals surface area contributed by atoms with Crippen LogP contribution in [0.3, 0.4) is 0 Å². The number of nitrogens with one attached hydrogen (secondary N) is 1. The average molecular weight is 266 g/mol. The molecule has 1 saturated heterocycles. The van der Waals surface area contributed by atoms with E-state index in [4.69, 9.17) is 5.11 Å². The highest BCUT2D eigenvalue weighted by Crippen LogP contribution is 2.18. The zero-order chi connectivity index (χ0) is 14.0. The first-order valence-electron chi connectivity index (χ1n) is 6.47. The second-order valence-corrected chi connectivity index (χ2v) is 5.19. The molecule has 0 spiro atoms. The summed E-state index contributed by atoms with van der Waals surface area (Å²) in [4.78, 5) is 14.2. The van der Waals surface area contributed by atoms with Gasteiger partial charge in [-0.25, -0.2) is 4.39 Å². The van der Waals surface area contributed by atoms with Crippen molar-refractivity contribution < 1.29 is 14.3 Å². The van der Waals surface area contributed by atoms with Gasteiger partial charge in [0.05, 0.1) is 5.56 Å². The summed E-state index contributed by atoms with van der Waals surface area (Å²) in [5.74, 6) is -1.29. The Morgan fingerprint density at radius 1 is 1.53 bits per heavy atom. The number of hydrogen-bond donors (Lipinski definition) is 2. The van der Waals surface area contributed by atoms with Gasteiger partial charge in [0, 0.05) is 24.7 Å². The highest BCUT2D eigenvalue weighted by atomic mass is 19.1. The molecule has 2 atom stereocenters. The zero-order valence-electron chi connectivity index (χ0n) is 11.2. The van der Waals surface area contributed by atoms with Crippen LogP contribution >= 0.6 is 0 Å². The van der Waals surface area contributed by atoms with Crippen LogP contribution in [0.25, 0.3) is 0 Å². The lowest BCUT2D eigenvalue weighted by molar-refractivity contribution is 0.0892. The van der Waals surface area contributed by atoms with Gasteiger partial charge in [0.1, 0.15) is 11.6 Å². The summed E-state index contributed by atoms with van der Waals surface area (Å²) in [6.07, 6.45) is 1.73. The van der Waals surface area contributed by atoms with Crippen LogP contribution in [0, 0.1) is 5.82 Å². The van der Waals surface area contributed by atoms with Gasteiger partial charge < -0.3 is 15.3 Å². The maximum atomic E-state index is 13.6. The van der Waals surface area contributed by atoms with Crippen LogP contribution in [0.1, 0.15) is 30.1 Å². The third kappa shape index (κ3) is 3.23. The van der Waals surface area contributed by atoms with Crippen molar-refractivity contribution in [2.45, 2.75) is 31.8 Å². The van der Waals surface area contributed by atoms with Crippen molar-refractivity contribution in [2.24, 2.45) is 0 Å². The number of phenols is 1. The average Bonchev–Trinajstić information content (AvgIpc) is 2.33. The molecular formula is C14H19FN2O2. The number of nitrogens with zero attached hydrogens (tertiary/aromatic N) is 1. The molecule has 5 heteroatoms. The molecule has 0 bridgehead atoms. The van der Waals surface area contributed by atoms with Gasteiger partial charge in [-0.05, 0) is 38.9 Å². The zero-order valence-corrected chi connectivity index (χ0v) is 11.2. The molecule has 1 aromatic rings. The summed E-state index contributed by atoms with van der Waals surface area (Å²) in [6.45, 7) is 3.03. The van der Waals surface area contributed by atoms with Crippen LogP contribution in [0.5, 0.6) is 5.75 Å². The number of carbonyl (C=O) groups excluding carboxylic acids is 1. The second kappa shape index (κ2) is 5.57. The van der Waals surface area contributed by atoms with E-state index in [-0.39, 0.29) is 17.4 Å². The summed E-state index contributed by atoms with van der Waals surface area (Å²) >= 11 is 0. The van der Waals surface area contributed by atoms with Gasteiger partial charge in [-0.15, -0.1) is 0 Å². The maximum absolute atomic E-state index is 13.6. The van der Waals surface area contributed by atoms with Gasteiger partial charge in [0.15, 0.2) is 0 Å². The molecule has 2 rings (SSSR count). The Morgan fingerprint density at radius 2 is 2.26 bits per heavy atom. The van der Waals surface area contributed by atoms with E-state index in [2.05, 4.69) is 24.2 Å². The smallest absolute Gasteiger partial charge is 0.254 e. The summed E-state index contributed by atoms with van der Waals surface area (Å²) in [6, 6.07) is 4.05. The molecule has 2 unspecified atom stereocenters. The maximum Gasteiger partial charge on any atom is 0.254 e. The lowest BCUT2D eigenvalue weighted by Gasteiger charge is -2.35. The van der Waals surface area contributed by atoms with Gasteiger partial charge in [0.2, 0.25) is 0 Å². The lowest BCUT2D eigenvalue weighted by Crippen LogP contribution is -2.47. The molecule has 1 aliphatic heterocycles. The fourth-order valence-electron chi connectivity index (χ4n) is 2.37. The number of phenolic OH excluding ortho intramolecular Hbond substituents is 1. The molecule has 1 aliphatic rings. The quantitative estimate of drug-likeness (QED) is 0.857. The minimum Gasteiger partial charge on any atom is -0.508 e. The Kier molecular flexibility index (Phi) is 4.04. The summed E-state index contributed by atoms with van der Waals surface area (Å²) in [5.41, 5.74) is -0.0237. The van der Waals surface area contributed by atoms with Crippen LogP contribution in [-0.2, 0) is 0 Å². The van der Waals surface area contributed by atoms with E-state index >= 15 is 0 Å². The molecule has 1 heterocycles. The SMILES string of the molecule is CC1CC(NC(=O)c2ccc(O)cc2F)CCN1C. The predicted octanol–water partition coefficient (Wildman–Crippen LogP) is 1.74. The monoisotopic (exact) mass is 266 g/mol. The van der Waals surface area contributed by atoms with Crippen molar-refractivity contribution >= 4 is 5.91 Å². The Balaban J connectivity index is 2.01. The highest BCUT2D eigenvalue weighted by Gasteiger charge is 2.25. The van der Waals surface area contributed by atoms with E-state index in [9.17, 15) is 9.18 Å². The topological polar surface area (TPSA) is 52.6 Å². The predicted molar refractivity (Wildman–Crippen MR) is 70.6 cm³/mol. The van der Waals surface area contributed by atoms with E-state index < -0.39 is 11.7 Å². The van der Waals surface area contributed by atoms with Gasteiger partial charge >= 0.3 is 0 Å². The first-order chi connectivity index (χ1) is 8.97. The third-order valence-corrected chi connectivity index (χ3v) is 3.74. The number of piperidine rings is 1. The Bertz CT molecular complexity index is 479. The number of likely N-dealkylation sites (tertiary alicyclic amines) is 1. The number of rotatable bonds is 2. The molecule has 0 radical (unpaired) electrons.